The summed E-state index contributed by atoms with van der Waals surface area (Å²) in [4.78, 5) is 19.3. The maximum Gasteiger partial charge on any atom is 0.281 e. The highest BCUT2D eigenvalue weighted by molar-refractivity contribution is 7.91. The van der Waals surface area contributed by atoms with Crippen molar-refractivity contribution in [2.45, 2.75) is 49.7 Å². The maximum atomic E-state index is 13.4. The molecular weight excluding hydrogens is 440 g/mol. The van der Waals surface area contributed by atoms with Crippen LogP contribution >= 0.6 is 0 Å². The Balaban J connectivity index is 1.69. The van der Waals surface area contributed by atoms with Gasteiger partial charge < -0.3 is 10.2 Å². The standard InChI is InChI=1S/C23H26N6O3S/c1-13-5-8-20(14(2)9-13)33(31,32)23-21-25-22(30)18-7-6-17(10-19(18)29(21)27-26-23)28-11-15(3)24-16(4)12-28/h5-10,15-16,24,27H,11-12H2,1-4H3/t15-,16+. The minimum absolute atomic E-state index is 0.00771. The molecule has 1 aliphatic rings. The third-order valence-electron chi connectivity index (χ3n) is 6.11. The van der Waals surface area contributed by atoms with Crippen LogP contribution in [-0.4, -0.2) is 53.4 Å². The van der Waals surface area contributed by atoms with Crippen molar-refractivity contribution in [3.05, 3.63) is 57.9 Å². The molecule has 172 valence electrons. The van der Waals surface area contributed by atoms with Crippen molar-refractivity contribution in [2.75, 3.05) is 18.0 Å². The highest BCUT2D eigenvalue weighted by atomic mass is 32.2. The molecule has 0 saturated carbocycles. The number of nitrogens with one attached hydrogen (secondary N) is 2. The SMILES string of the molecule is Cc1ccc(S(=O)(=O)c2n[nH]n3c2nc(=O)c2ccc(N4C[C@@H](C)N[C@@H](C)C4)cc23)c(C)c1. The fourth-order valence-corrected chi connectivity index (χ4v) is 6.19. The third-order valence-corrected chi connectivity index (χ3v) is 7.93. The average molecular weight is 467 g/mol. The lowest BCUT2D eigenvalue weighted by Gasteiger charge is -2.37. The van der Waals surface area contributed by atoms with Gasteiger partial charge >= 0.3 is 0 Å². The number of benzene rings is 2. The third kappa shape index (κ3) is 3.59. The van der Waals surface area contributed by atoms with Crippen LogP contribution in [0.4, 0.5) is 5.69 Å². The first-order chi connectivity index (χ1) is 15.6. The molecule has 2 aromatic carbocycles. The summed E-state index contributed by atoms with van der Waals surface area (Å²) in [5, 5.41) is 10.5. The van der Waals surface area contributed by atoms with E-state index in [4.69, 9.17) is 0 Å². The van der Waals surface area contributed by atoms with Gasteiger partial charge in [0.1, 0.15) is 0 Å². The summed E-state index contributed by atoms with van der Waals surface area (Å²) in [6.07, 6.45) is 0. The van der Waals surface area contributed by atoms with E-state index in [1.54, 1.807) is 31.2 Å². The summed E-state index contributed by atoms with van der Waals surface area (Å²) in [7, 11) is -3.98. The number of anilines is 1. The molecule has 0 aliphatic carbocycles. The molecular formula is C23H26N6O3S. The zero-order valence-electron chi connectivity index (χ0n) is 19.0. The first-order valence-corrected chi connectivity index (χ1v) is 12.4. The molecule has 1 aliphatic heterocycles. The summed E-state index contributed by atoms with van der Waals surface area (Å²) < 4.78 is 28.3. The summed E-state index contributed by atoms with van der Waals surface area (Å²) in [5.41, 5.74) is 2.57. The Morgan fingerprint density at radius 3 is 2.45 bits per heavy atom. The van der Waals surface area contributed by atoms with Crippen LogP contribution in [0.15, 0.2) is 51.1 Å². The van der Waals surface area contributed by atoms with Crippen LogP contribution in [-0.2, 0) is 9.84 Å². The number of aromatic amines is 1. The van der Waals surface area contributed by atoms with Crippen molar-refractivity contribution >= 4 is 32.1 Å². The van der Waals surface area contributed by atoms with Crippen molar-refractivity contribution in [1.82, 2.24) is 25.1 Å². The van der Waals surface area contributed by atoms with Crippen molar-refractivity contribution < 1.29 is 8.42 Å². The number of aryl methyl sites for hydroxylation is 2. The van der Waals surface area contributed by atoms with Gasteiger partial charge in [-0.1, -0.05) is 17.7 Å². The quantitative estimate of drug-likeness (QED) is 0.476. The number of aromatic nitrogens is 4. The number of fused-ring (bicyclic) bond motifs is 3. The summed E-state index contributed by atoms with van der Waals surface area (Å²) in [6.45, 7) is 9.57. The van der Waals surface area contributed by atoms with Gasteiger partial charge in [0.25, 0.3) is 5.56 Å². The van der Waals surface area contributed by atoms with Crippen molar-refractivity contribution in [2.24, 2.45) is 0 Å². The maximum absolute atomic E-state index is 13.4. The largest absolute Gasteiger partial charge is 0.368 e. The summed E-state index contributed by atoms with van der Waals surface area (Å²) in [5.74, 6) is 0. The predicted octanol–water partition coefficient (Wildman–Crippen LogP) is 2.21. The van der Waals surface area contributed by atoms with Crippen LogP contribution in [0.25, 0.3) is 16.6 Å². The van der Waals surface area contributed by atoms with Gasteiger partial charge in [-0.15, -0.1) is 5.10 Å². The van der Waals surface area contributed by atoms with Crippen LogP contribution in [0, 0.1) is 13.8 Å². The molecule has 0 radical (unpaired) electrons. The Morgan fingerprint density at radius 2 is 1.76 bits per heavy atom. The number of rotatable bonds is 3. The molecule has 0 bridgehead atoms. The van der Waals surface area contributed by atoms with Gasteiger partial charge in [-0.3, -0.25) is 4.79 Å². The highest BCUT2D eigenvalue weighted by Crippen LogP contribution is 2.27. The molecule has 2 aromatic heterocycles. The van der Waals surface area contributed by atoms with E-state index >= 15 is 0 Å². The lowest BCUT2D eigenvalue weighted by atomic mass is 10.1. The number of hydrogen-bond donors (Lipinski definition) is 2. The Morgan fingerprint density at radius 1 is 1.03 bits per heavy atom. The van der Waals surface area contributed by atoms with Gasteiger partial charge in [-0.2, -0.15) is 4.98 Å². The zero-order valence-corrected chi connectivity index (χ0v) is 19.8. The van der Waals surface area contributed by atoms with Crippen molar-refractivity contribution in [1.29, 1.82) is 0 Å². The van der Waals surface area contributed by atoms with Gasteiger partial charge in [-0.05, 0) is 57.5 Å². The average Bonchev–Trinajstić information content (AvgIpc) is 3.17. The second-order valence-corrected chi connectivity index (χ2v) is 10.8. The van der Waals surface area contributed by atoms with E-state index < -0.39 is 15.4 Å². The molecule has 1 fully saturated rings. The minimum atomic E-state index is -3.98. The Kier molecular flexibility index (Phi) is 5.02. The zero-order chi connectivity index (χ0) is 23.5. The Bertz CT molecular complexity index is 1550. The molecule has 33 heavy (non-hydrogen) atoms. The fraction of sp³-hybridized carbons (Fsp3) is 0.348. The molecule has 2 atom stereocenters. The topological polar surface area (TPSA) is 112 Å². The number of hydrogen-bond acceptors (Lipinski definition) is 7. The second-order valence-electron chi connectivity index (χ2n) is 8.94. The lowest BCUT2D eigenvalue weighted by Crippen LogP contribution is -2.54. The molecule has 3 heterocycles. The molecule has 2 N–H and O–H groups in total. The number of sulfone groups is 1. The normalized spacial score (nSPS) is 19.5. The van der Waals surface area contributed by atoms with E-state index in [0.29, 0.717) is 28.6 Å². The second kappa shape index (κ2) is 7.67. The van der Waals surface area contributed by atoms with E-state index in [-0.39, 0.29) is 15.6 Å². The monoisotopic (exact) mass is 466 g/mol. The highest BCUT2D eigenvalue weighted by Gasteiger charge is 2.28. The van der Waals surface area contributed by atoms with E-state index in [1.807, 2.05) is 19.1 Å². The molecule has 0 amide bonds. The molecule has 9 nitrogen and oxygen atoms in total. The van der Waals surface area contributed by atoms with Gasteiger partial charge in [0.05, 0.1) is 15.8 Å². The first kappa shape index (κ1) is 21.6. The molecule has 4 aromatic rings. The van der Waals surface area contributed by atoms with E-state index in [2.05, 4.69) is 39.4 Å². The van der Waals surface area contributed by atoms with E-state index in [9.17, 15) is 13.2 Å². The predicted molar refractivity (Wildman–Crippen MR) is 127 cm³/mol. The van der Waals surface area contributed by atoms with Crippen LogP contribution in [0.3, 0.4) is 0 Å². The molecule has 0 unspecified atom stereocenters. The van der Waals surface area contributed by atoms with Crippen LogP contribution < -0.4 is 15.8 Å². The molecule has 0 spiro atoms. The van der Waals surface area contributed by atoms with Gasteiger partial charge in [0.15, 0.2) is 5.65 Å². The van der Waals surface area contributed by atoms with Gasteiger partial charge in [0, 0.05) is 30.9 Å². The molecule has 5 rings (SSSR count). The van der Waals surface area contributed by atoms with E-state index in [1.165, 1.54) is 4.52 Å². The number of H-pyrrole nitrogens is 1. The lowest BCUT2D eigenvalue weighted by molar-refractivity contribution is 0.407. The van der Waals surface area contributed by atoms with E-state index in [0.717, 1.165) is 24.3 Å². The van der Waals surface area contributed by atoms with Gasteiger partial charge in [0.2, 0.25) is 14.9 Å². The minimum Gasteiger partial charge on any atom is -0.368 e. The number of piperazine rings is 1. The van der Waals surface area contributed by atoms with Crippen molar-refractivity contribution in [3.63, 3.8) is 0 Å². The Labute approximate surface area is 191 Å². The van der Waals surface area contributed by atoms with Gasteiger partial charge in [-0.25, -0.2) is 18.1 Å². The van der Waals surface area contributed by atoms with Crippen LogP contribution in [0.5, 0.6) is 0 Å². The molecule has 1 saturated heterocycles. The molecule has 10 heteroatoms. The van der Waals surface area contributed by atoms with Crippen LogP contribution in [0.1, 0.15) is 25.0 Å². The van der Waals surface area contributed by atoms with Crippen LogP contribution in [0.2, 0.25) is 0 Å². The fourth-order valence-electron chi connectivity index (χ4n) is 4.72. The number of nitrogens with zero attached hydrogens (tertiary/aromatic N) is 4. The van der Waals surface area contributed by atoms with Crippen molar-refractivity contribution in [3.8, 4) is 0 Å². The summed E-state index contributed by atoms with van der Waals surface area (Å²) in [6, 6.07) is 11.3. The first-order valence-electron chi connectivity index (χ1n) is 10.9. The smallest absolute Gasteiger partial charge is 0.281 e. The summed E-state index contributed by atoms with van der Waals surface area (Å²) >= 11 is 0. The Hall–Kier alpha value is -3.24.